The minimum Gasteiger partial charge on any atom is -0.480 e. The summed E-state index contributed by atoms with van der Waals surface area (Å²) < 4.78 is 13.6. The second-order valence-electron chi connectivity index (χ2n) is 9.05. The molecular weight excluding hydrogens is 486 g/mol. The van der Waals surface area contributed by atoms with E-state index in [0.717, 1.165) is 10.1 Å². The van der Waals surface area contributed by atoms with Gasteiger partial charge in [0.15, 0.2) is 0 Å². The molecule has 0 aliphatic heterocycles. The predicted molar refractivity (Wildman–Crippen MR) is 134 cm³/mol. The molecule has 0 spiro atoms. The van der Waals surface area contributed by atoms with Crippen LogP contribution in [0, 0.1) is 6.92 Å². The van der Waals surface area contributed by atoms with Gasteiger partial charge in [0.05, 0.1) is 35.7 Å². The van der Waals surface area contributed by atoms with Gasteiger partial charge in [0.25, 0.3) is 5.56 Å². The standard InChI is InChI=1S/C25H27N3O7S/c1-14(29)13-35-17(16-8-6-5-7-9-16)12-27-22-18(15(2)19(36-22)20-26-10-11-34-20)21(30)28(24(27)33)25(3,4)23(31)32/h5-11,14,17,29H,12-13H2,1-4H3,(H,31,32). The van der Waals surface area contributed by atoms with Gasteiger partial charge in [-0.2, -0.15) is 0 Å². The molecule has 0 saturated carbocycles. The molecule has 0 aliphatic rings. The van der Waals surface area contributed by atoms with Gasteiger partial charge in [-0.25, -0.2) is 19.1 Å². The molecule has 0 aliphatic carbocycles. The van der Waals surface area contributed by atoms with Gasteiger partial charge in [0, 0.05) is 0 Å². The smallest absolute Gasteiger partial charge is 0.333 e. The maximum absolute atomic E-state index is 13.8. The molecule has 2 atom stereocenters. The SMILES string of the molecule is Cc1c(-c2ncco2)sc2c1c(=O)n(C(C)(C)C(=O)O)c(=O)n2CC(OCC(C)O)c1ccccc1. The number of hydrogen-bond acceptors (Lipinski definition) is 8. The summed E-state index contributed by atoms with van der Waals surface area (Å²) in [6.07, 6.45) is 1.49. The van der Waals surface area contributed by atoms with Crippen LogP contribution in [0.3, 0.4) is 0 Å². The van der Waals surface area contributed by atoms with Crippen LogP contribution in [0.25, 0.3) is 21.0 Å². The van der Waals surface area contributed by atoms with Crippen LogP contribution >= 0.6 is 11.3 Å². The van der Waals surface area contributed by atoms with E-state index in [-0.39, 0.29) is 18.5 Å². The number of carbonyl (C=O) groups is 1. The normalized spacial score (nSPS) is 13.7. The van der Waals surface area contributed by atoms with Crippen LogP contribution < -0.4 is 11.2 Å². The van der Waals surface area contributed by atoms with Crippen molar-refractivity contribution in [2.24, 2.45) is 0 Å². The summed E-state index contributed by atoms with van der Waals surface area (Å²) in [5.41, 5.74) is -2.00. The fraction of sp³-hybridized carbons (Fsp3) is 0.360. The minimum absolute atomic E-state index is 0.0166. The zero-order valence-electron chi connectivity index (χ0n) is 20.3. The molecular formula is C25H27N3O7S. The largest absolute Gasteiger partial charge is 0.480 e. The molecule has 2 unspecified atom stereocenters. The molecule has 1 aromatic carbocycles. The summed E-state index contributed by atoms with van der Waals surface area (Å²) in [6, 6.07) is 9.18. The summed E-state index contributed by atoms with van der Waals surface area (Å²) in [5, 5.41) is 19.9. The van der Waals surface area contributed by atoms with Gasteiger partial charge in [-0.3, -0.25) is 9.36 Å². The van der Waals surface area contributed by atoms with Crippen molar-refractivity contribution in [3.8, 4) is 10.8 Å². The number of ether oxygens (including phenoxy) is 1. The molecule has 0 saturated heterocycles. The highest BCUT2D eigenvalue weighted by molar-refractivity contribution is 7.22. The third-order valence-electron chi connectivity index (χ3n) is 5.98. The maximum atomic E-state index is 13.8. The number of rotatable bonds is 9. The average Bonchev–Trinajstić information content (AvgIpc) is 3.47. The lowest BCUT2D eigenvalue weighted by molar-refractivity contribution is -0.146. The fourth-order valence-electron chi connectivity index (χ4n) is 3.98. The lowest BCUT2D eigenvalue weighted by Crippen LogP contribution is -2.52. The monoisotopic (exact) mass is 513 g/mol. The van der Waals surface area contributed by atoms with Crippen molar-refractivity contribution in [1.82, 2.24) is 14.1 Å². The number of thiophene rings is 1. The Morgan fingerprint density at radius 3 is 2.53 bits per heavy atom. The Bertz CT molecular complexity index is 1500. The van der Waals surface area contributed by atoms with Crippen molar-refractivity contribution in [1.29, 1.82) is 0 Å². The highest BCUT2D eigenvalue weighted by Crippen LogP contribution is 2.36. The zero-order valence-corrected chi connectivity index (χ0v) is 21.1. The van der Waals surface area contributed by atoms with E-state index in [2.05, 4.69) is 4.98 Å². The maximum Gasteiger partial charge on any atom is 0.333 e. The molecule has 190 valence electrons. The molecule has 2 N–H and O–H groups in total. The first kappa shape index (κ1) is 25.5. The first-order chi connectivity index (χ1) is 17.0. The van der Waals surface area contributed by atoms with Crippen molar-refractivity contribution in [3.05, 3.63) is 74.8 Å². The Hall–Kier alpha value is -3.54. The fourth-order valence-corrected chi connectivity index (χ4v) is 5.22. The van der Waals surface area contributed by atoms with E-state index in [1.165, 1.54) is 42.2 Å². The molecule has 11 heteroatoms. The highest BCUT2D eigenvalue weighted by atomic mass is 32.1. The Balaban J connectivity index is 2.01. The molecule has 10 nitrogen and oxygen atoms in total. The van der Waals surface area contributed by atoms with Gasteiger partial charge in [-0.15, -0.1) is 11.3 Å². The molecule has 0 fully saturated rings. The number of hydrogen-bond donors (Lipinski definition) is 2. The molecule has 0 bridgehead atoms. The predicted octanol–water partition coefficient (Wildman–Crippen LogP) is 3.15. The summed E-state index contributed by atoms with van der Waals surface area (Å²) in [6.45, 7) is 5.92. The van der Waals surface area contributed by atoms with E-state index in [9.17, 15) is 24.6 Å². The Kier molecular flexibility index (Phi) is 6.98. The molecule has 3 aromatic heterocycles. The number of fused-ring (bicyclic) bond motifs is 1. The van der Waals surface area contributed by atoms with E-state index in [0.29, 0.717) is 21.2 Å². The summed E-state index contributed by atoms with van der Waals surface area (Å²) in [5.74, 6) is -1.03. The number of aromatic nitrogens is 3. The quantitative estimate of drug-likeness (QED) is 0.348. The summed E-state index contributed by atoms with van der Waals surface area (Å²) >= 11 is 1.17. The van der Waals surface area contributed by atoms with E-state index < -0.39 is 35.0 Å². The van der Waals surface area contributed by atoms with Gasteiger partial charge >= 0.3 is 11.7 Å². The third kappa shape index (κ3) is 4.52. The summed E-state index contributed by atoms with van der Waals surface area (Å²) in [7, 11) is 0. The van der Waals surface area contributed by atoms with Crippen LogP contribution in [0.15, 0.2) is 56.8 Å². The van der Waals surface area contributed by atoms with E-state index in [4.69, 9.17) is 9.15 Å². The molecule has 0 radical (unpaired) electrons. The Morgan fingerprint density at radius 1 is 1.25 bits per heavy atom. The Labute approximate surface area is 210 Å². The minimum atomic E-state index is -1.82. The number of oxazole rings is 1. The number of carboxylic acids is 1. The highest BCUT2D eigenvalue weighted by Gasteiger charge is 2.36. The van der Waals surface area contributed by atoms with Crippen LogP contribution in [0.2, 0.25) is 0 Å². The number of carboxylic acid groups (broad SMARTS) is 1. The number of nitrogens with zero attached hydrogens (tertiary/aromatic N) is 3. The number of benzene rings is 1. The topological polar surface area (TPSA) is 137 Å². The van der Waals surface area contributed by atoms with Gasteiger partial charge < -0.3 is 19.4 Å². The van der Waals surface area contributed by atoms with Crippen LogP contribution in [-0.2, 0) is 21.6 Å². The molecule has 4 rings (SSSR count). The first-order valence-electron chi connectivity index (χ1n) is 11.3. The average molecular weight is 514 g/mol. The second-order valence-corrected chi connectivity index (χ2v) is 10.1. The number of aliphatic hydroxyl groups excluding tert-OH is 1. The lowest BCUT2D eigenvalue weighted by Gasteiger charge is -2.25. The Morgan fingerprint density at radius 2 is 1.94 bits per heavy atom. The lowest BCUT2D eigenvalue weighted by atomic mass is 10.1. The van der Waals surface area contributed by atoms with Crippen molar-refractivity contribution in [2.45, 2.75) is 52.0 Å². The van der Waals surface area contributed by atoms with Crippen LogP contribution in [-0.4, -0.2) is 43.0 Å². The van der Waals surface area contributed by atoms with Gasteiger partial charge in [-0.1, -0.05) is 30.3 Å². The van der Waals surface area contributed by atoms with E-state index in [1.807, 2.05) is 30.3 Å². The van der Waals surface area contributed by atoms with Gasteiger partial charge in [0.2, 0.25) is 5.89 Å². The van der Waals surface area contributed by atoms with Crippen molar-refractivity contribution in [3.63, 3.8) is 0 Å². The van der Waals surface area contributed by atoms with Crippen molar-refractivity contribution in [2.75, 3.05) is 6.61 Å². The van der Waals surface area contributed by atoms with Crippen molar-refractivity contribution < 1.29 is 24.2 Å². The molecule has 4 aromatic rings. The van der Waals surface area contributed by atoms with E-state index >= 15 is 0 Å². The molecule has 36 heavy (non-hydrogen) atoms. The summed E-state index contributed by atoms with van der Waals surface area (Å²) in [4.78, 5) is 44.6. The number of aliphatic hydroxyl groups is 1. The van der Waals surface area contributed by atoms with Gasteiger partial charge in [-0.05, 0) is 38.8 Å². The van der Waals surface area contributed by atoms with Crippen LogP contribution in [0.1, 0.15) is 38.0 Å². The third-order valence-corrected chi connectivity index (χ3v) is 7.28. The zero-order chi connectivity index (χ0) is 26.2. The number of aliphatic carboxylic acids is 1. The number of aryl methyl sites for hydroxylation is 1. The first-order valence-corrected chi connectivity index (χ1v) is 12.1. The van der Waals surface area contributed by atoms with Crippen molar-refractivity contribution >= 4 is 27.5 Å². The van der Waals surface area contributed by atoms with E-state index in [1.54, 1.807) is 13.8 Å². The molecule has 0 amide bonds. The second kappa shape index (κ2) is 9.84. The molecule has 3 heterocycles. The van der Waals surface area contributed by atoms with Crippen LogP contribution in [0.4, 0.5) is 0 Å². The van der Waals surface area contributed by atoms with Crippen LogP contribution in [0.5, 0.6) is 0 Å². The van der Waals surface area contributed by atoms with Gasteiger partial charge in [0.1, 0.15) is 22.7 Å².